The molecule has 6 heteroatoms. The van der Waals surface area contributed by atoms with Crippen molar-refractivity contribution in [3.05, 3.63) is 100 Å². The van der Waals surface area contributed by atoms with E-state index in [-0.39, 0.29) is 5.70 Å². The van der Waals surface area contributed by atoms with Gasteiger partial charge in [0.1, 0.15) is 5.75 Å². The van der Waals surface area contributed by atoms with Crippen LogP contribution in [0.4, 0.5) is 0 Å². The fraction of sp³-hybridized carbons (Fsp3) is 0.120. The molecule has 3 aromatic rings. The predicted octanol–water partition coefficient (Wildman–Crippen LogP) is 6.16. The maximum Gasteiger partial charge on any atom is 0.363 e. The number of rotatable bonds is 7. The maximum absolute atomic E-state index is 12.3. The molecule has 3 aromatic carbocycles. The Hall–Kier alpha value is -3.02. The van der Waals surface area contributed by atoms with Crippen LogP contribution in [0, 0.1) is 6.92 Å². The number of ether oxygens (including phenoxy) is 2. The summed E-state index contributed by atoms with van der Waals surface area (Å²) in [4.78, 5) is 17.9. The topological polar surface area (TPSA) is 47.9 Å². The molecule has 0 N–H and O–H groups in total. The predicted molar refractivity (Wildman–Crippen MR) is 126 cm³/mol. The lowest BCUT2D eigenvalue weighted by Gasteiger charge is -2.10. The Morgan fingerprint density at radius 2 is 1.84 bits per heavy atom. The fourth-order valence-corrected chi connectivity index (χ4v) is 3.87. The van der Waals surface area contributed by atoms with Crippen LogP contribution < -0.4 is 4.74 Å². The first kappa shape index (κ1) is 21.2. The van der Waals surface area contributed by atoms with Gasteiger partial charge in [0.2, 0.25) is 5.90 Å². The molecule has 0 radical (unpaired) electrons. The van der Waals surface area contributed by atoms with E-state index in [1.54, 1.807) is 17.8 Å². The third-order valence-corrected chi connectivity index (χ3v) is 5.75. The van der Waals surface area contributed by atoms with Gasteiger partial charge in [-0.15, -0.1) is 11.8 Å². The summed E-state index contributed by atoms with van der Waals surface area (Å²) in [6.45, 7) is 2.52. The fourth-order valence-electron chi connectivity index (χ4n) is 3.01. The number of aryl methyl sites for hydroxylation is 1. The van der Waals surface area contributed by atoms with Gasteiger partial charge in [0.05, 0.1) is 6.61 Å². The number of benzene rings is 3. The molecule has 1 aliphatic rings. The van der Waals surface area contributed by atoms with E-state index in [0.29, 0.717) is 18.3 Å². The van der Waals surface area contributed by atoms with Gasteiger partial charge < -0.3 is 9.47 Å². The molecular weight excluding hydrogens is 430 g/mol. The van der Waals surface area contributed by atoms with Gasteiger partial charge in [-0.3, -0.25) is 0 Å². The molecule has 31 heavy (non-hydrogen) atoms. The molecule has 0 saturated carbocycles. The highest BCUT2D eigenvalue weighted by Gasteiger charge is 2.24. The number of esters is 1. The highest BCUT2D eigenvalue weighted by Crippen LogP contribution is 2.27. The van der Waals surface area contributed by atoms with Crippen molar-refractivity contribution in [2.24, 2.45) is 4.99 Å². The van der Waals surface area contributed by atoms with Gasteiger partial charge in [-0.2, -0.15) is 0 Å². The van der Waals surface area contributed by atoms with Gasteiger partial charge in [-0.1, -0.05) is 41.4 Å². The summed E-state index contributed by atoms with van der Waals surface area (Å²) in [6, 6.07) is 23.0. The molecule has 0 bridgehead atoms. The number of hydrogen-bond acceptors (Lipinski definition) is 5. The van der Waals surface area contributed by atoms with Crippen LogP contribution in [0.3, 0.4) is 0 Å². The van der Waals surface area contributed by atoms with Crippen LogP contribution in [0.5, 0.6) is 5.75 Å². The number of cyclic esters (lactones) is 1. The molecule has 0 atom stereocenters. The molecule has 4 rings (SSSR count). The Bertz CT molecular complexity index is 1140. The van der Waals surface area contributed by atoms with Crippen molar-refractivity contribution < 1.29 is 14.3 Å². The Morgan fingerprint density at radius 1 is 1.06 bits per heavy atom. The Morgan fingerprint density at radius 3 is 2.61 bits per heavy atom. The maximum atomic E-state index is 12.3. The molecular formula is C25H20ClNO3S. The molecule has 156 valence electrons. The summed E-state index contributed by atoms with van der Waals surface area (Å²) < 4.78 is 11.4. The van der Waals surface area contributed by atoms with Crippen molar-refractivity contribution in [1.82, 2.24) is 0 Å². The number of carbonyl (C=O) groups is 1. The summed E-state index contributed by atoms with van der Waals surface area (Å²) in [6.07, 6.45) is 1.72. The Labute approximate surface area is 190 Å². The summed E-state index contributed by atoms with van der Waals surface area (Å²) in [5.74, 6) is 1.33. The summed E-state index contributed by atoms with van der Waals surface area (Å²) in [7, 11) is 0. The smallest absolute Gasteiger partial charge is 0.363 e. The zero-order valence-electron chi connectivity index (χ0n) is 16.9. The number of thioether (sulfide) groups is 1. The minimum atomic E-state index is -0.468. The average Bonchev–Trinajstić information content (AvgIpc) is 3.14. The van der Waals surface area contributed by atoms with E-state index in [4.69, 9.17) is 21.1 Å². The van der Waals surface area contributed by atoms with Gasteiger partial charge in [-0.25, -0.2) is 9.79 Å². The van der Waals surface area contributed by atoms with Crippen molar-refractivity contribution in [3.8, 4) is 5.75 Å². The minimum absolute atomic E-state index is 0.254. The second-order valence-electron chi connectivity index (χ2n) is 6.89. The van der Waals surface area contributed by atoms with Crippen LogP contribution in [-0.4, -0.2) is 24.2 Å². The number of halogens is 1. The van der Waals surface area contributed by atoms with Crippen LogP contribution >= 0.6 is 23.4 Å². The van der Waals surface area contributed by atoms with E-state index in [1.165, 1.54) is 0 Å². The van der Waals surface area contributed by atoms with Crippen LogP contribution in [0.1, 0.15) is 16.7 Å². The van der Waals surface area contributed by atoms with Crippen LogP contribution in [0.25, 0.3) is 6.08 Å². The number of hydrogen-bond donors (Lipinski definition) is 0. The number of nitrogens with zero attached hydrogens (tertiary/aromatic N) is 1. The first-order valence-corrected chi connectivity index (χ1v) is 11.1. The van der Waals surface area contributed by atoms with E-state index >= 15 is 0 Å². The second-order valence-corrected chi connectivity index (χ2v) is 8.50. The van der Waals surface area contributed by atoms with E-state index in [2.05, 4.69) is 4.99 Å². The molecule has 0 aromatic heterocycles. The monoisotopic (exact) mass is 449 g/mol. The lowest BCUT2D eigenvalue weighted by atomic mass is 10.1. The quantitative estimate of drug-likeness (QED) is 0.187. The molecule has 4 nitrogen and oxygen atoms in total. The highest BCUT2D eigenvalue weighted by molar-refractivity contribution is 7.99. The van der Waals surface area contributed by atoms with Crippen molar-refractivity contribution >= 4 is 41.3 Å². The summed E-state index contributed by atoms with van der Waals surface area (Å²) in [5, 5.41) is 0.724. The van der Waals surface area contributed by atoms with Crippen molar-refractivity contribution in [2.75, 3.05) is 12.4 Å². The zero-order valence-corrected chi connectivity index (χ0v) is 18.5. The average molecular weight is 450 g/mol. The summed E-state index contributed by atoms with van der Waals surface area (Å²) in [5.41, 5.74) is 2.87. The second kappa shape index (κ2) is 9.86. The molecule has 0 aliphatic carbocycles. The largest absolute Gasteiger partial charge is 0.492 e. The molecule has 0 unspecified atom stereocenters. The first-order valence-electron chi connectivity index (χ1n) is 9.78. The lowest BCUT2D eigenvalue weighted by Crippen LogP contribution is -2.05. The van der Waals surface area contributed by atoms with E-state index in [0.717, 1.165) is 32.4 Å². The van der Waals surface area contributed by atoms with Crippen LogP contribution in [0.2, 0.25) is 5.02 Å². The Balaban J connectivity index is 1.47. The molecule has 0 spiro atoms. The molecule has 0 amide bonds. The van der Waals surface area contributed by atoms with Crippen LogP contribution in [-0.2, 0) is 9.53 Å². The molecule has 0 fully saturated rings. The lowest BCUT2D eigenvalue weighted by molar-refractivity contribution is -0.129. The Kier molecular flexibility index (Phi) is 6.75. The molecule has 1 heterocycles. The minimum Gasteiger partial charge on any atom is -0.492 e. The zero-order chi connectivity index (χ0) is 21.6. The highest BCUT2D eigenvalue weighted by atomic mass is 35.5. The first-order chi connectivity index (χ1) is 15.1. The van der Waals surface area contributed by atoms with Gasteiger partial charge in [0.25, 0.3) is 0 Å². The van der Waals surface area contributed by atoms with Gasteiger partial charge in [0.15, 0.2) is 5.70 Å². The van der Waals surface area contributed by atoms with Gasteiger partial charge in [0, 0.05) is 26.8 Å². The SMILES string of the molecule is Cc1ccc(OCCSc2ccc(Cl)cc2)c(/C=C2/N=C(c3ccccc3)OC2=O)c1. The standard InChI is InChI=1S/C25H20ClNO3S/c1-17-7-12-23(29-13-14-31-21-10-8-20(26)9-11-21)19(15-17)16-22-25(28)30-24(27-22)18-5-3-2-4-6-18/h2-12,15-16H,13-14H2,1H3/b22-16+. The van der Waals surface area contributed by atoms with Crippen molar-refractivity contribution in [1.29, 1.82) is 0 Å². The van der Waals surface area contributed by atoms with E-state index in [1.807, 2.05) is 79.7 Å². The van der Waals surface area contributed by atoms with Gasteiger partial charge in [-0.05, 0) is 61.5 Å². The van der Waals surface area contributed by atoms with Gasteiger partial charge >= 0.3 is 5.97 Å². The normalized spacial score (nSPS) is 14.5. The van der Waals surface area contributed by atoms with Crippen molar-refractivity contribution in [2.45, 2.75) is 11.8 Å². The van der Waals surface area contributed by atoms with Crippen LogP contribution in [0.15, 0.2) is 88.4 Å². The summed E-state index contributed by atoms with van der Waals surface area (Å²) >= 11 is 7.62. The number of carbonyl (C=O) groups excluding carboxylic acids is 1. The van der Waals surface area contributed by atoms with Crippen molar-refractivity contribution in [3.63, 3.8) is 0 Å². The molecule has 1 aliphatic heterocycles. The molecule has 0 saturated heterocycles. The third-order valence-electron chi connectivity index (χ3n) is 4.52. The van der Waals surface area contributed by atoms with E-state index < -0.39 is 5.97 Å². The number of aliphatic imine (C=N–C) groups is 1. The van der Waals surface area contributed by atoms with E-state index in [9.17, 15) is 4.79 Å². The third kappa shape index (κ3) is 5.57.